The molecular weight excluding hydrogens is 142 g/mol. The molecule has 0 bridgehead atoms. The Bertz CT molecular complexity index is 173. The fourth-order valence-electron chi connectivity index (χ4n) is 0.425. The lowest BCUT2D eigenvalue weighted by Gasteiger charge is -2.01. The maximum Gasteiger partial charge on any atom is 0.112 e. The molecule has 0 atom stereocenters. The van der Waals surface area contributed by atoms with Gasteiger partial charge in [0.15, 0.2) is 0 Å². The number of hydrogen-bond donors (Lipinski definition) is 2. The van der Waals surface area contributed by atoms with Crippen LogP contribution in [0.2, 0.25) is 0 Å². The minimum atomic E-state index is -0.0174. The van der Waals surface area contributed by atoms with Gasteiger partial charge >= 0.3 is 0 Å². The van der Waals surface area contributed by atoms with Crippen LogP contribution >= 0.6 is 0 Å². The second kappa shape index (κ2) is 5.56. The van der Waals surface area contributed by atoms with Crippen LogP contribution in [0, 0.1) is 0 Å². The van der Waals surface area contributed by atoms with E-state index in [2.05, 4.69) is 13.2 Å². The second-order valence-corrected chi connectivity index (χ2v) is 1.95. The predicted molar refractivity (Wildman–Crippen MR) is 44.6 cm³/mol. The largest absolute Gasteiger partial charge is 0.492 e. The highest BCUT2D eigenvalue weighted by Gasteiger charge is 1.86. The highest BCUT2D eigenvalue weighted by Crippen LogP contribution is 1.95. The normalized spacial score (nSPS) is 9.91. The summed E-state index contributed by atoms with van der Waals surface area (Å²) in [5.74, 6) is 0.464. The van der Waals surface area contributed by atoms with E-state index in [1.165, 1.54) is 0 Å². The Kier molecular flexibility index (Phi) is 4.94. The molecule has 0 aliphatic carbocycles. The molecule has 0 saturated heterocycles. The van der Waals surface area contributed by atoms with E-state index in [1.54, 1.807) is 12.2 Å². The number of aliphatic hydroxyl groups is 1. The van der Waals surface area contributed by atoms with E-state index in [1.807, 2.05) is 0 Å². The van der Waals surface area contributed by atoms with Gasteiger partial charge in [-0.2, -0.15) is 0 Å². The zero-order chi connectivity index (χ0) is 8.69. The molecule has 0 fully saturated rings. The van der Waals surface area contributed by atoms with Gasteiger partial charge in [0.2, 0.25) is 0 Å². The van der Waals surface area contributed by atoms with Crippen LogP contribution in [0.3, 0.4) is 0 Å². The van der Waals surface area contributed by atoms with Crippen LogP contribution in [0.15, 0.2) is 36.8 Å². The highest BCUT2D eigenvalue weighted by molar-refractivity contribution is 5.18. The smallest absolute Gasteiger partial charge is 0.112 e. The molecule has 0 rings (SSSR count). The first-order valence-electron chi connectivity index (χ1n) is 3.22. The van der Waals surface area contributed by atoms with Gasteiger partial charge in [-0.25, -0.2) is 0 Å². The molecule has 0 unspecified atom stereocenters. The molecule has 0 aromatic heterocycles. The number of ether oxygens (including phenoxy) is 1. The molecule has 3 nitrogen and oxygen atoms in total. The Balaban J connectivity index is 3.60. The fraction of sp³-hybridized carbons (Fsp3) is 0.250. The van der Waals surface area contributed by atoms with E-state index in [4.69, 9.17) is 15.6 Å². The summed E-state index contributed by atoms with van der Waals surface area (Å²) in [7, 11) is 0. The lowest BCUT2D eigenvalue weighted by atomic mass is 10.4. The van der Waals surface area contributed by atoms with Crippen molar-refractivity contribution in [2.24, 2.45) is 5.73 Å². The van der Waals surface area contributed by atoms with Crippen LogP contribution in [0.25, 0.3) is 0 Å². The molecule has 0 spiro atoms. The zero-order valence-corrected chi connectivity index (χ0v) is 6.42. The molecular formula is C8H13NO2. The third-order valence-corrected chi connectivity index (χ3v) is 0.862. The fourth-order valence-corrected chi connectivity index (χ4v) is 0.425. The molecule has 0 aromatic carbocycles. The van der Waals surface area contributed by atoms with Crippen molar-refractivity contribution < 1.29 is 9.84 Å². The van der Waals surface area contributed by atoms with Crippen molar-refractivity contribution in [1.82, 2.24) is 0 Å². The third kappa shape index (κ3) is 6.67. The Hall–Kier alpha value is -1.22. The molecule has 0 radical (unpaired) electrons. The molecule has 0 aliphatic heterocycles. The zero-order valence-electron chi connectivity index (χ0n) is 6.42. The average molecular weight is 155 g/mol. The molecule has 11 heavy (non-hydrogen) atoms. The first-order chi connectivity index (χ1) is 5.16. The van der Waals surface area contributed by atoms with Crippen molar-refractivity contribution in [3.63, 3.8) is 0 Å². The minimum absolute atomic E-state index is 0.0174. The van der Waals surface area contributed by atoms with Crippen molar-refractivity contribution in [3.8, 4) is 0 Å². The van der Waals surface area contributed by atoms with E-state index in [0.717, 1.165) is 0 Å². The van der Waals surface area contributed by atoms with Gasteiger partial charge in [-0.05, 0) is 12.2 Å². The van der Waals surface area contributed by atoms with E-state index < -0.39 is 0 Å². The lowest BCUT2D eigenvalue weighted by molar-refractivity contribution is 0.153. The van der Waals surface area contributed by atoms with Crippen LogP contribution in [0.1, 0.15) is 0 Å². The van der Waals surface area contributed by atoms with Crippen molar-refractivity contribution in [2.45, 2.75) is 0 Å². The van der Waals surface area contributed by atoms with Gasteiger partial charge in [0, 0.05) is 5.70 Å². The third-order valence-electron chi connectivity index (χ3n) is 0.862. The van der Waals surface area contributed by atoms with Crippen LogP contribution in [-0.4, -0.2) is 18.3 Å². The van der Waals surface area contributed by atoms with Crippen LogP contribution in [-0.2, 0) is 4.74 Å². The summed E-state index contributed by atoms with van der Waals surface area (Å²) in [4.78, 5) is 0. The highest BCUT2D eigenvalue weighted by atomic mass is 16.5. The number of rotatable bonds is 5. The summed E-state index contributed by atoms with van der Waals surface area (Å²) in [5, 5.41) is 8.36. The molecule has 62 valence electrons. The summed E-state index contributed by atoms with van der Waals surface area (Å²) in [6.45, 7) is 7.23. The molecule has 0 saturated carbocycles. The summed E-state index contributed by atoms with van der Waals surface area (Å²) in [6.07, 6.45) is 3.18. The maximum atomic E-state index is 8.36. The van der Waals surface area contributed by atoms with Gasteiger partial charge in [-0.1, -0.05) is 13.2 Å². The number of nitrogens with two attached hydrogens (primary N) is 1. The molecule has 3 N–H and O–H groups in total. The van der Waals surface area contributed by atoms with E-state index in [0.29, 0.717) is 11.5 Å². The van der Waals surface area contributed by atoms with Crippen LogP contribution in [0.4, 0.5) is 0 Å². The quantitative estimate of drug-likeness (QED) is 0.450. The number of allylic oxidation sites excluding steroid dienone is 2. The van der Waals surface area contributed by atoms with Crippen molar-refractivity contribution in [1.29, 1.82) is 0 Å². The molecule has 0 heterocycles. The lowest BCUT2D eigenvalue weighted by Crippen LogP contribution is -1.97. The predicted octanol–water partition coefficient (Wildman–Crippen LogP) is 0.538. The Labute approximate surface area is 66.5 Å². The topological polar surface area (TPSA) is 55.5 Å². The summed E-state index contributed by atoms with van der Waals surface area (Å²) < 4.78 is 4.91. The van der Waals surface area contributed by atoms with Crippen LogP contribution < -0.4 is 5.73 Å². The van der Waals surface area contributed by atoms with Gasteiger partial charge in [-0.3, -0.25) is 0 Å². The van der Waals surface area contributed by atoms with Crippen molar-refractivity contribution in [2.75, 3.05) is 13.2 Å². The van der Waals surface area contributed by atoms with Crippen LogP contribution in [0.5, 0.6) is 0 Å². The Morgan fingerprint density at radius 1 is 1.45 bits per heavy atom. The SMILES string of the molecule is C=C(N)/C=C\C(=C)OCCO. The summed E-state index contributed by atoms with van der Waals surface area (Å²) in [6, 6.07) is 0. The monoisotopic (exact) mass is 155 g/mol. The average Bonchev–Trinajstić information content (AvgIpc) is 1.97. The van der Waals surface area contributed by atoms with Gasteiger partial charge in [0.05, 0.1) is 6.61 Å². The molecule has 0 aliphatic rings. The summed E-state index contributed by atoms with van der Waals surface area (Å²) >= 11 is 0. The first-order valence-corrected chi connectivity index (χ1v) is 3.22. The van der Waals surface area contributed by atoms with Crippen molar-refractivity contribution in [3.05, 3.63) is 36.8 Å². The second-order valence-electron chi connectivity index (χ2n) is 1.95. The Morgan fingerprint density at radius 3 is 2.55 bits per heavy atom. The molecule has 0 aromatic rings. The standard InChI is InChI=1S/C8H13NO2/c1-7(9)3-4-8(2)11-6-5-10/h3-4,10H,1-2,5-6,9H2/b4-3-. The summed E-state index contributed by atoms with van der Waals surface area (Å²) in [5.41, 5.74) is 5.69. The number of hydrogen-bond acceptors (Lipinski definition) is 3. The van der Waals surface area contributed by atoms with Crippen molar-refractivity contribution >= 4 is 0 Å². The van der Waals surface area contributed by atoms with Gasteiger partial charge in [0.25, 0.3) is 0 Å². The Morgan fingerprint density at radius 2 is 2.09 bits per heavy atom. The first kappa shape index (κ1) is 9.78. The van der Waals surface area contributed by atoms with Gasteiger partial charge in [-0.15, -0.1) is 0 Å². The minimum Gasteiger partial charge on any atom is -0.492 e. The molecule has 0 amide bonds. The van der Waals surface area contributed by atoms with Gasteiger partial charge in [0.1, 0.15) is 12.4 Å². The molecule has 3 heteroatoms. The van der Waals surface area contributed by atoms with E-state index in [9.17, 15) is 0 Å². The van der Waals surface area contributed by atoms with E-state index in [-0.39, 0.29) is 13.2 Å². The van der Waals surface area contributed by atoms with E-state index >= 15 is 0 Å². The maximum absolute atomic E-state index is 8.36. The van der Waals surface area contributed by atoms with Gasteiger partial charge < -0.3 is 15.6 Å². The number of aliphatic hydroxyl groups excluding tert-OH is 1.